The van der Waals surface area contributed by atoms with Gasteiger partial charge in [-0.3, -0.25) is 0 Å². The van der Waals surface area contributed by atoms with Gasteiger partial charge in [-0.05, 0) is 49.2 Å². The quantitative estimate of drug-likeness (QED) is 0.485. The van der Waals surface area contributed by atoms with Gasteiger partial charge in [0.25, 0.3) is 0 Å². The maximum absolute atomic E-state index is 11.9. The van der Waals surface area contributed by atoms with Crippen molar-refractivity contribution in [3.05, 3.63) is 54.1 Å². The fourth-order valence-electron chi connectivity index (χ4n) is 1.92. The van der Waals surface area contributed by atoms with Crippen LogP contribution in [0, 0.1) is 0 Å². The summed E-state index contributed by atoms with van der Waals surface area (Å²) in [6.45, 7) is 3.62. The van der Waals surface area contributed by atoms with Gasteiger partial charge in [0.05, 0.1) is 17.4 Å². The lowest BCUT2D eigenvalue weighted by atomic mass is 10.0. The molecule has 106 valence electrons. The first kappa shape index (κ1) is 14.7. The Morgan fingerprint density at radius 1 is 1.10 bits per heavy atom. The topological polar surface area (TPSA) is 55.7 Å². The molecular formula is C17H15NO3. The normalized spacial score (nSPS) is 10.0. The van der Waals surface area contributed by atoms with Crippen LogP contribution in [0.3, 0.4) is 0 Å². The molecule has 0 saturated carbocycles. The average Bonchev–Trinajstić information content (AvgIpc) is 2.47. The van der Waals surface area contributed by atoms with Crippen LogP contribution >= 0.6 is 0 Å². The highest BCUT2D eigenvalue weighted by atomic mass is 16.5. The molecule has 0 saturated heterocycles. The minimum Gasteiger partial charge on any atom is -0.459 e. The third-order valence-electron chi connectivity index (χ3n) is 2.80. The lowest BCUT2D eigenvalue weighted by Crippen LogP contribution is -2.11. The molecule has 0 aromatic heterocycles. The smallest absolute Gasteiger partial charge is 0.338 e. The molecule has 0 N–H and O–H groups in total. The van der Waals surface area contributed by atoms with Gasteiger partial charge >= 0.3 is 5.97 Å². The van der Waals surface area contributed by atoms with Crippen molar-refractivity contribution in [2.45, 2.75) is 20.0 Å². The van der Waals surface area contributed by atoms with E-state index in [0.717, 1.165) is 11.1 Å². The third-order valence-corrected chi connectivity index (χ3v) is 2.80. The molecule has 2 aromatic rings. The Balaban J connectivity index is 2.35. The number of nitrogens with zero attached hydrogens (tertiary/aromatic N) is 1. The highest BCUT2D eigenvalue weighted by Gasteiger charge is 2.10. The van der Waals surface area contributed by atoms with Crippen LogP contribution < -0.4 is 0 Å². The number of aliphatic imine (C=N–C) groups is 1. The van der Waals surface area contributed by atoms with Crippen LogP contribution in [0.25, 0.3) is 11.1 Å². The SMILES string of the molecule is CC(C)OC(=O)c1cccc(-c2cccc(N=C=O)c2)c1. The van der Waals surface area contributed by atoms with E-state index in [1.807, 2.05) is 26.0 Å². The van der Waals surface area contributed by atoms with Crippen molar-refractivity contribution in [3.8, 4) is 11.1 Å². The maximum atomic E-state index is 11.9. The zero-order valence-corrected chi connectivity index (χ0v) is 11.9. The van der Waals surface area contributed by atoms with Crippen molar-refractivity contribution in [2.24, 2.45) is 4.99 Å². The summed E-state index contributed by atoms with van der Waals surface area (Å²) in [5.74, 6) is -0.353. The van der Waals surface area contributed by atoms with E-state index in [9.17, 15) is 9.59 Å². The van der Waals surface area contributed by atoms with E-state index in [0.29, 0.717) is 11.3 Å². The predicted octanol–water partition coefficient (Wildman–Crippen LogP) is 3.89. The number of hydrogen-bond donors (Lipinski definition) is 0. The third kappa shape index (κ3) is 3.88. The van der Waals surface area contributed by atoms with Crippen LogP contribution in [0.5, 0.6) is 0 Å². The minimum atomic E-state index is -0.353. The van der Waals surface area contributed by atoms with Crippen LogP contribution in [-0.2, 0) is 9.53 Å². The molecule has 0 amide bonds. The van der Waals surface area contributed by atoms with E-state index in [1.54, 1.807) is 36.4 Å². The molecule has 0 unspecified atom stereocenters. The largest absolute Gasteiger partial charge is 0.459 e. The maximum Gasteiger partial charge on any atom is 0.338 e. The average molecular weight is 281 g/mol. The fraction of sp³-hybridized carbons (Fsp3) is 0.176. The number of carbonyl (C=O) groups excluding carboxylic acids is 2. The zero-order valence-electron chi connectivity index (χ0n) is 11.9. The molecule has 0 fully saturated rings. The highest BCUT2D eigenvalue weighted by molar-refractivity contribution is 5.91. The van der Waals surface area contributed by atoms with Crippen LogP contribution in [0.2, 0.25) is 0 Å². The lowest BCUT2D eigenvalue weighted by Gasteiger charge is -2.09. The monoisotopic (exact) mass is 281 g/mol. The van der Waals surface area contributed by atoms with Crippen LogP contribution in [-0.4, -0.2) is 18.2 Å². The molecule has 2 aromatic carbocycles. The second-order valence-corrected chi connectivity index (χ2v) is 4.79. The van der Waals surface area contributed by atoms with Crippen molar-refractivity contribution in [2.75, 3.05) is 0 Å². The molecule has 0 atom stereocenters. The first-order valence-electron chi connectivity index (χ1n) is 6.59. The van der Waals surface area contributed by atoms with Gasteiger partial charge in [-0.2, -0.15) is 4.99 Å². The van der Waals surface area contributed by atoms with E-state index in [1.165, 1.54) is 6.08 Å². The van der Waals surface area contributed by atoms with Gasteiger partial charge in [-0.25, -0.2) is 9.59 Å². The summed E-state index contributed by atoms with van der Waals surface area (Å²) in [4.78, 5) is 25.8. The molecular weight excluding hydrogens is 266 g/mol. The first-order chi connectivity index (χ1) is 10.1. The number of esters is 1. The van der Waals surface area contributed by atoms with Gasteiger partial charge in [0.1, 0.15) is 0 Å². The van der Waals surface area contributed by atoms with Crippen molar-refractivity contribution in [1.82, 2.24) is 0 Å². The molecule has 21 heavy (non-hydrogen) atoms. The summed E-state index contributed by atoms with van der Waals surface area (Å²) < 4.78 is 5.18. The van der Waals surface area contributed by atoms with Gasteiger partial charge in [0.2, 0.25) is 6.08 Å². The molecule has 0 bridgehead atoms. The van der Waals surface area contributed by atoms with Gasteiger partial charge in [0.15, 0.2) is 0 Å². The summed E-state index contributed by atoms with van der Waals surface area (Å²) in [7, 11) is 0. The summed E-state index contributed by atoms with van der Waals surface area (Å²) in [5, 5.41) is 0. The number of benzene rings is 2. The molecule has 4 nitrogen and oxygen atoms in total. The highest BCUT2D eigenvalue weighted by Crippen LogP contribution is 2.25. The number of rotatable bonds is 4. The number of hydrogen-bond acceptors (Lipinski definition) is 4. The second-order valence-electron chi connectivity index (χ2n) is 4.79. The molecule has 4 heteroatoms. The summed E-state index contributed by atoms with van der Waals surface area (Å²) in [6.07, 6.45) is 1.35. The Kier molecular flexibility index (Phi) is 4.64. The molecule has 0 aliphatic heterocycles. The van der Waals surface area contributed by atoms with Gasteiger partial charge in [-0.15, -0.1) is 0 Å². The van der Waals surface area contributed by atoms with Crippen LogP contribution in [0.1, 0.15) is 24.2 Å². The predicted molar refractivity (Wildman–Crippen MR) is 80.2 cm³/mol. The standard InChI is InChI=1S/C17H15NO3/c1-12(2)21-17(20)15-7-3-5-13(9-15)14-6-4-8-16(10-14)18-11-19/h3-10,12H,1-2H3. The van der Waals surface area contributed by atoms with Crippen molar-refractivity contribution in [1.29, 1.82) is 0 Å². The fourth-order valence-corrected chi connectivity index (χ4v) is 1.92. The van der Waals surface area contributed by atoms with Crippen LogP contribution in [0.15, 0.2) is 53.5 Å². The summed E-state index contributed by atoms with van der Waals surface area (Å²) >= 11 is 0. The second kappa shape index (κ2) is 6.64. The van der Waals surface area contributed by atoms with Crippen molar-refractivity contribution >= 4 is 17.7 Å². The molecule has 0 heterocycles. The van der Waals surface area contributed by atoms with Gasteiger partial charge in [-0.1, -0.05) is 24.3 Å². The summed E-state index contributed by atoms with van der Waals surface area (Å²) in [6, 6.07) is 14.3. The zero-order chi connectivity index (χ0) is 15.2. The van der Waals surface area contributed by atoms with Crippen molar-refractivity contribution < 1.29 is 14.3 Å². The number of isocyanates is 1. The van der Waals surface area contributed by atoms with E-state index in [-0.39, 0.29) is 12.1 Å². The van der Waals surface area contributed by atoms with Crippen molar-refractivity contribution in [3.63, 3.8) is 0 Å². The molecule has 0 aliphatic carbocycles. The number of ether oxygens (including phenoxy) is 1. The van der Waals surface area contributed by atoms with Gasteiger partial charge in [0, 0.05) is 0 Å². The Hall–Kier alpha value is -2.71. The van der Waals surface area contributed by atoms with Crippen LogP contribution in [0.4, 0.5) is 5.69 Å². The van der Waals surface area contributed by atoms with E-state index >= 15 is 0 Å². The van der Waals surface area contributed by atoms with E-state index < -0.39 is 0 Å². The molecule has 0 spiro atoms. The van der Waals surface area contributed by atoms with E-state index in [4.69, 9.17) is 4.74 Å². The minimum absolute atomic E-state index is 0.161. The van der Waals surface area contributed by atoms with Gasteiger partial charge < -0.3 is 4.74 Å². The number of carbonyl (C=O) groups is 1. The Morgan fingerprint density at radius 2 is 1.76 bits per heavy atom. The molecule has 0 aliphatic rings. The molecule has 2 rings (SSSR count). The lowest BCUT2D eigenvalue weighted by molar-refractivity contribution is 0.0378. The first-order valence-corrected chi connectivity index (χ1v) is 6.59. The Labute approximate surface area is 123 Å². The van der Waals surface area contributed by atoms with E-state index in [2.05, 4.69) is 4.99 Å². The summed E-state index contributed by atoms with van der Waals surface area (Å²) in [5.41, 5.74) is 2.74. The Morgan fingerprint density at radius 3 is 2.43 bits per heavy atom. The Bertz CT molecular complexity index is 701. The molecule has 0 radical (unpaired) electrons.